The van der Waals surface area contributed by atoms with E-state index in [0.29, 0.717) is 23.7 Å². The number of nitrogens with one attached hydrogen (secondary N) is 1. The number of carbonyl (C=O) groups excluding carboxylic acids is 1. The van der Waals surface area contributed by atoms with Crippen LogP contribution in [0.1, 0.15) is 31.5 Å². The second-order valence-corrected chi connectivity index (χ2v) is 7.28. The normalized spacial score (nSPS) is 17.4. The monoisotopic (exact) mass is 368 g/mol. The van der Waals surface area contributed by atoms with E-state index in [-0.39, 0.29) is 5.91 Å². The van der Waals surface area contributed by atoms with Gasteiger partial charge in [-0.1, -0.05) is 25.4 Å². The van der Waals surface area contributed by atoms with Crippen molar-refractivity contribution in [3.05, 3.63) is 22.5 Å². The molecule has 1 N–H and O–H groups in total. The van der Waals surface area contributed by atoms with Crippen molar-refractivity contribution < 1.29 is 9.53 Å². The van der Waals surface area contributed by atoms with Gasteiger partial charge >= 0.3 is 0 Å². The summed E-state index contributed by atoms with van der Waals surface area (Å²) in [6.45, 7) is 10.3. The smallest absolute Gasteiger partial charge is 0.244 e. The van der Waals surface area contributed by atoms with Crippen molar-refractivity contribution in [3.63, 3.8) is 0 Å². The molecule has 6 nitrogen and oxygen atoms in total. The predicted octanol–water partition coefficient (Wildman–Crippen LogP) is 2.26. The van der Waals surface area contributed by atoms with E-state index in [1.165, 1.54) is 6.08 Å². The molecule has 0 aromatic carbocycles. The highest BCUT2D eigenvalue weighted by atomic mass is 35.5. The molecule has 1 amide bonds. The van der Waals surface area contributed by atoms with E-state index < -0.39 is 0 Å². The van der Waals surface area contributed by atoms with Crippen molar-refractivity contribution in [1.29, 1.82) is 0 Å². The van der Waals surface area contributed by atoms with Crippen LogP contribution in [-0.2, 0) is 16.6 Å². The minimum absolute atomic E-state index is 0.110. The standard InChI is InChI=1S/C18H29ClN4O2/c1-13(2)11-15(23-7-9-25-10-8-23)12-20-17(24)6-5-16-14(3)21-22(4)18(16)19/h5-6,13,15H,7-12H2,1-4H3,(H,20,24)/b6-5+. The number of aromatic nitrogens is 2. The molecule has 1 unspecified atom stereocenters. The Kier molecular flexibility index (Phi) is 7.47. The Balaban J connectivity index is 1.92. The molecule has 25 heavy (non-hydrogen) atoms. The maximum Gasteiger partial charge on any atom is 0.244 e. The Labute approximate surface area is 155 Å². The maximum absolute atomic E-state index is 12.2. The molecule has 0 saturated carbocycles. The third-order valence-corrected chi connectivity index (χ3v) is 4.86. The van der Waals surface area contributed by atoms with Crippen molar-refractivity contribution in [2.45, 2.75) is 33.2 Å². The van der Waals surface area contributed by atoms with E-state index in [2.05, 4.69) is 29.2 Å². The van der Waals surface area contributed by atoms with Gasteiger partial charge in [0.05, 0.1) is 18.9 Å². The first-order chi connectivity index (χ1) is 11.9. The molecule has 1 aromatic rings. The van der Waals surface area contributed by atoms with Gasteiger partial charge in [-0.15, -0.1) is 0 Å². The Morgan fingerprint density at radius 2 is 2.08 bits per heavy atom. The lowest BCUT2D eigenvalue weighted by atomic mass is 10.0. The number of nitrogens with zero attached hydrogens (tertiary/aromatic N) is 3. The maximum atomic E-state index is 12.2. The summed E-state index contributed by atoms with van der Waals surface area (Å²) >= 11 is 6.18. The van der Waals surface area contributed by atoms with Crippen molar-refractivity contribution in [3.8, 4) is 0 Å². The van der Waals surface area contributed by atoms with Crippen LogP contribution in [-0.4, -0.2) is 59.5 Å². The van der Waals surface area contributed by atoms with Crippen LogP contribution < -0.4 is 5.32 Å². The molecular formula is C18H29ClN4O2. The summed E-state index contributed by atoms with van der Waals surface area (Å²) in [4.78, 5) is 14.6. The first-order valence-electron chi connectivity index (χ1n) is 8.85. The van der Waals surface area contributed by atoms with Gasteiger partial charge in [0.15, 0.2) is 0 Å². The molecule has 1 saturated heterocycles. The highest BCUT2D eigenvalue weighted by Gasteiger charge is 2.22. The zero-order chi connectivity index (χ0) is 18.4. The first-order valence-corrected chi connectivity index (χ1v) is 9.23. The lowest BCUT2D eigenvalue weighted by molar-refractivity contribution is -0.116. The summed E-state index contributed by atoms with van der Waals surface area (Å²) in [5.41, 5.74) is 1.59. The van der Waals surface area contributed by atoms with Crippen molar-refractivity contribution in [2.24, 2.45) is 13.0 Å². The molecule has 1 fully saturated rings. The van der Waals surface area contributed by atoms with E-state index >= 15 is 0 Å². The molecule has 140 valence electrons. The van der Waals surface area contributed by atoms with Crippen LogP contribution in [0.4, 0.5) is 0 Å². The average Bonchev–Trinajstić information content (AvgIpc) is 2.82. The lowest BCUT2D eigenvalue weighted by Gasteiger charge is -2.35. The van der Waals surface area contributed by atoms with Gasteiger partial charge in [0.25, 0.3) is 0 Å². The molecule has 0 aliphatic carbocycles. The van der Waals surface area contributed by atoms with Gasteiger partial charge < -0.3 is 10.1 Å². The molecular weight excluding hydrogens is 340 g/mol. The largest absolute Gasteiger partial charge is 0.379 e. The summed E-state index contributed by atoms with van der Waals surface area (Å²) in [5, 5.41) is 7.80. The Morgan fingerprint density at radius 1 is 1.40 bits per heavy atom. The van der Waals surface area contributed by atoms with E-state index in [0.717, 1.165) is 44.0 Å². The van der Waals surface area contributed by atoms with Gasteiger partial charge in [-0.3, -0.25) is 14.4 Å². The van der Waals surface area contributed by atoms with Crippen LogP contribution in [0.15, 0.2) is 6.08 Å². The molecule has 0 bridgehead atoms. The number of rotatable bonds is 7. The van der Waals surface area contributed by atoms with Crippen LogP contribution in [0.3, 0.4) is 0 Å². The summed E-state index contributed by atoms with van der Waals surface area (Å²) in [6.07, 6.45) is 4.31. The molecule has 1 aliphatic heterocycles. The van der Waals surface area contributed by atoms with Gasteiger partial charge in [0, 0.05) is 44.4 Å². The number of aryl methyl sites for hydroxylation is 2. The third kappa shape index (κ3) is 5.83. The summed E-state index contributed by atoms with van der Waals surface area (Å²) < 4.78 is 7.03. The van der Waals surface area contributed by atoms with Gasteiger partial charge in [-0.05, 0) is 25.3 Å². The second-order valence-electron chi connectivity index (χ2n) is 6.92. The summed E-state index contributed by atoms with van der Waals surface area (Å²) in [6, 6.07) is 0.338. The Hall–Kier alpha value is -1.37. The van der Waals surface area contributed by atoms with Crippen LogP contribution in [0.25, 0.3) is 6.08 Å². The SMILES string of the molecule is Cc1nn(C)c(Cl)c1/C=C/C(=O)NCC(CC(C)C)N1CCOCC1. The molecule has 0 radical (unpaired) electrons. The third-order valence-electron chi connectivity index (χ3n) is 4.42. The van der Waals surface area contributed by atoms with Gasteiger partial charge in [0.1, 0.15) is 5.15 Å². The van der Waals surface area contributed by atoms with Crippen molar-refractivity contribution in [2.75, 3.05) is 32.8 Å². The van der Waals surface area contributed by atoms with Crippen LogP contribution in [0.5, 0.6) is 0 Å². The van der Waals surface area contributed by atoms with Gasteiger partial charge in [0.2, 0.25) is 5.91 Å². The number of ether oxygens (including phenoxy) is 1. The Bertz CT molecular complexity index is 606. The fourth-order valence-electron chi connectivity index (χ4n) is 3.12. The molecule has 1 aromatic heterocycles. The Morgan fingerprint density at radius 3 is 2.64 bits per heavy atom. The fraction of sp³-hybridized carbons (Fsp3) is 0.667. The quantitative estimate of drug-likeness (QED) is 0.750. The van der Waals surface area contributed by atoms with Crippen LogP contribution >= 0.6 is 11.6 Å². The topological polar surface area (TPSA) is 59.4 Å². The zero-order valence-corrected chi connectivity index (χ0v) is 16.3. The zero-order valence-electron chi connectivity index (χ0n) is 15.6. The number of hydrogen-bond donors (Lipinski definition) is 1. The highest BCUT2D eigenvalue weighted by molar-refractivity contribution is 6.31. The molecule has 2 heterocycles. The molecule has 0 spiro atoms. The number of amides is 1. The number of morpholine rings is 1. The minimum Gasteiger partial charge on any atom is -0.379 e. The molecule has 1 atom stereocenters. The van der Waals surface area contributed by atoms with Gasteiger partial charge in [-0.25, -0.2) is 0 Å². The molecule has 7 heteroatoms. The van der Waals surface area contributed by atoms with Crippen LogP contribution in [0, 0.1) is 12.8 Å². The molecule has 2 rings (SSSR count). The number of hydrogen-bond acceptors (Lipinski definition) is 4. The summed E-state index contributed by atoms with van der Waals surface area (Å²) in [7, 11) is 1.78. The first kappa shape index (κ1) is 19.9. The molecule has 1 aliphatic rings. The van der Waals surface area contributed by atoms with E-state index in [4.69, 9.17) is 16.3 Å². The van der Waals surface area contributed by atoms with E-state index in [1.807, 2.05) is 6.92 Å². The van der Waals surface area contributed by atoms with Gasteiger partial charge in [-0.2, -0.15) is 5.10 Å². The summed E-state index contributed by atoms with van der Waals surface area (Å²) in [5.74, 6) is 0.471. The van der Waals surface area contributed by atoms with E-state index in [1.54, 1.807) is 17.8 Å². The lowest BCUT2D eigenvalue weighted by Crippen LogP contribution is -2.49. The van der Waals surface area contributed by atoms with Crippen molar-refractivity contribution >= 4 is 23.6 Å². The average molecular weight is 369 g/mol. The number of halogens is 1. The second kappa shape index (κ2) is 9.36. The number of carbonyl (C=O) groups is 1. The highest BCUT2D eigenvalue weighted by Crippen LogP contribution is 2.20. The van der Waals surface area contributed by atoms with E-state index in [9.17, 15) is 4.79 Å². The van der Waals surface area contributed by atoms with Crippen molar-refractivity contribution in [1.82, 2.24) is 20.0 Å². The predicted molar refractivity (Wildman–Crippen MR) is 101 cm³/mol. The van der Waals surface area contributed by atoms with Crippen LogP contribution in [0.2, 0.25) is 5.15 Å². The minimum atomic E-state index is -0.110. The fourth-order valence-corrected chi connectivity index (χ4v) is 3.36.